The van der Waals surface area contributed by atoms with Crippen molar-refractivity contribution in [1.82, 2.24) is 9.38 Å². The van der Waals surface area contributed by atoms with E-state index in [9.17, 15) is 5.26 Å². The van der Waals surface area contributed by atoms with Crippen molar-refractivity contribution < 1.29 is 0 Å². The third-order valence-corrected chi connectivity index (χ3v) is 4.19. The first-order chi connectivity index (χ1) is 11.3. The van der Waals surface area contributed by atoms with Crippen LogP contribution >= 0.6 is 0 Å². The summed E-state index contributed by atoms with van der Waals surface area (Å²) in [7, 11) is 0. The molecule has 2 heterocycles. The summed E-state index contributed by atoms with van der Waals surface area (Å²) < 4.78 is 2.01. The fraction of sp³-hybridized carbons (Fsp3) is 0.100. The molecule has 110 valence electrons. The van der Waals surface area contributed by atoms with Crippen molar-refractivity contribution in [3.8, 4) is 17.3 Å². The van der Waals surface area contributed by atoms with Crippen molar-refractivity contribution in [3.63, 3.8) is 0 Å². The van der Waals surface area contributed by atoms with E-state index in [1.54, 1.807) is 0 Å². The number of nitrogens with zero attached hydrogens (tertiary/aromatic N) is 3. The molecule has 0 bridgehead atoms. The second kappa shape index (κ2) is 5.26. The molecule has 0 aliphatic carbocycles. The number of hydrogen-bond acceptors (Lipinski definition) is 2. The van der Waals surface area contributed by atoms with Gasteiger partial charge in [0.1, 0.15) is 5.65 Å². The van der Waals surface area contributed by atoms with Crippen LogP contribution in [-0.2, 0) is 0 Å². The molecule has 4 aromatic rings. The third kappa shape index (κ3) is 2.16. The molecule has 23 heavy (non-hydrogen) atoms. The molecule has 2 aromatic heterocycles. The smallest absolute Gasteiger partial charge is 0.137 e. The lowest BCUT2D eigenvalue weighted by molar-refractivity contribution is 0.900. The fourth-order valence-corrected chi connectivity index (χ4v) is 3.04. The zero-order chi connectivity index (χ0) is 15.8. The standard InChI is InChI=1S/C20H15N3/c1-14(13-21)20-19(22-18-8-4-5-11-23(18)20)17-10-9-15-6-2-3-7-16(15)12-17/h2-12,14H,1H3. The molecule has 0 radical (unpaired) electrons. The molecule has 0 fully saturated rings. The maximum absolute atomic E-state index is 9.42. The number of nitriles is 1. The van der Waals surface area contributed by atoms with E-state index < -0.39 is 0 Å². The van der Waals surface area contributed by atoms with Crippen LogP contribution in [0, 0.1) is 11.3 Å². The minimum Gasteiger partial charge on any atom is -0.302 e. The zero-order valence-corrected chi connectivity index (χ0v) is 12.8. The van der Waals surface area contributed by atoms with Gasteiger partial charge in [-0.25, -0.2) is 4.98 Å². The van der Waals surface area contributed by atoms with E-state index in [4.69, 9.17) is 4.98 Å². The lowest BCUT2D eigenvalue weighted by atomic mass is 10.00. The van der Waals surface area contributed by atoms with Gasteiger partial charge < -0.3 is 4.40 Å². The minimum atomic E-state index is -0.228. The van der Waals surface area contributed by atoms with E-state index in [0.29, 0.717) is 0 Å². The minimum absolute atomic E-state index is 0.228. The predicted octanol–water partition coefficient (Wildman–Crippen LogP) is 4.78. The Hall–Kier alpha value is -3.12. The third-order valence-electron chi connectivity index (χ3n) is 4.19. The van der Waals surface area contributed by atoms with Crippen molar-refractivity contribution in [2.75, 3.05) is 0 Å². The van der Waals surface area contributed by atoms with Gasteiger partial charge in [0.2, 0.25) is 0 Å². The van der Waals surface area contributed by atoms with Gasteiger partial charge in [0.15, 0.2) is 0 Å². The van der Waals surface area contributed by atoms with Crippen LogP contribution in [0.5, 0.6) is 0 Å². The van der Waals surface area contributed by atoms with Crippen molar-refractivity contribution in [2.45, 2.75) is 12.8 Å². The molecule has 1 atom stereocenters. The highest BCUT2D eigenvalue weighted by atomic mass is 15.0. The molecule has 0 aliphatic rings. The van der Waals surface area contributed by atoms with Crippen molar-refractivity contribution in [3.05, 3.63) is 72.6 Å². The van der Waals surface area contributed by atoms with E-state index in [2.05, 4.69) is 36.4 Å². The van der Waals surface area contributed by atoms with Crippen LogP contribution in [0.3, 0.4) is 0 Å². The number of imidazole rings is 1. The quantitative estimate of drug-likeness (QED) is 0.534. The Kier molecular flexibility index (Phi) is 3.09. The molecule has 0 amide bonds. The Morgan fingerprint density at radius 1 is 1.00 bits per heavy atom. The van der Waals surface area contributed by atoms with Crippen molar-refractivity contribution in [2.24, 2.45) is 0 Å². The summed E-state index contributed by atoms with van der Waals surface area (Å²) in [4.78, 5) is 4.77. The summed E-state index contributed by atoms with van der Waals surface area (Å²) in [6.45, 7) is 1.92. The lowest BCUT2D eigenvalue weighted by Crippen LogP contribution is -1.98. The number of hydrogen-bond donors (Lipinski definition) is 0. The Morgan fingerprint density at radius 2 is 1.78 bits per heavy atom. The summed E-state index contributed by atoms with van der Waals surface area (Å²) in [5, 5.41) is 11.8. The van der Waals surface area contributed by atoms with Crippen LogP contribution in [0.25, 0.3) is 27.7 Å². The van der Waals surface area contributed by atoms with Gasteiger partial charge in [-0.15, -0.1) is 0 Å². The molecule has 2 aromatic carbocycles. The average Bonchev–Trinajstić information content (AvgIpc) is 3.00. The lowest BCUT2D eigenvalue weighted by Gasteiger charge is -2.07. The van der Waals surface area contributed by atoms with Crippen LogP contribution in [-0.4, -0.2) is 9.38 Å². The second-order valence-electron chi connectivity index (χ2n) is 5.69. The summed E-state index contributed by atoms with van der Waals surface area (Å²) in [5.74, 6) is -0.228. The maximum atomic E-state index is 9.42. The van der Waals surface area contributed by atoms with Crippen molar-refractivity contribution >= 4 is 16.4 Å². The van der Waals surface area contributed by atoms with E-state index in [0.717, 1.165) is 22.6 Å². The summed E-state index contributed by atoms with van der Waals surface area (Å²) in [6, 6.07) is 22.9. The molecule has 3 heteroatoms. The van der Waals surface area contributed by atoms with Crippen LogP contribution in [0.4, 0.5) is 0 Å². The Morgan fingerprint density at radius 3 is 2.61 bits per heavy atom. The van der Waals surface area contributed by atoms with Gasteiger partial charge >= 0.3 is 0 Å². The van der Waals surface area contributed by atoms with E-state index in [-0.39, 0.29) is 5.92 Å². The molecular formula is C20H15N3. The van der Waals surface area contributed by atoms with E-state index in [1.807, 2.05) is 47.9 Å². The highest BCUT2D eigenvalue weighted by Gasteiger charge is 2.19. The number of rotatable bonds is 2. The second-order valence-corrected chi connectivity index (χ2v) is 5.69. The molecular weight excluding hydrogens is 282 g/mol. The van der Waals surface area contributed by atoms with E-state index in [1.165, 1.54) is 10.8 Å². The summed E-state index contributed by atoms with van der Waals surface area (Å²) in [6.07, 6.45) is 1.97. The fourth-order valence-electron chi connectivity index (χ4n) is 3.04. The first kappa shape index (κ1) is 13.5. The molecule has 3 nitrogen and oxygen atoms in total. The first-order valence-corrected chi connectivity index (χ1v) is 7.63. The first-order valence-electron chi connectivity index (χ1n) is 7.63. The Balaban J connectivity index is 2.01. The number of benzene rings is 2. The normalized spacial score (nSPS) is 12.3. The molecule has 1 unspecified atom stereocenters. The largest absolute Gasteiger partial charge is 0.302 e. The molecule has 0 saturated carbocycles. The van der Waals surface area contributed by atoms with Crippen LogP contribution < -0.4 is 0 Å². The van der Waals surface area contributed by atoms with Crippen molar-refractivity contribution in [1.29, 1.82) is 5.26 Å². The molecule has 4 rings (SSSR count). The summed E-state index contributed by atoms with van der Waals surface area (Å²) >= 11 is 0. The number of aromatic nitrogens is 2. The number of fused-ring (bicyclic) bond motifs is 2. The van der Waals surface area contributed by atoms with Crippen LogP contribution in [0.15, 0.2) is 66.9 Å². The van der Waals surface area contributed by atoms with Gasteiger partial charge in [0.25, 0.3) is 0 Å². The van der Waals surface area contributed by atoms with Crippen LogP contribution in [0.1, 0.15) is 18.5 Å². The average molecular weight is 297 g/mol. The highest BCUT2D eigenvalue weighted by Crippen LogP contribution is 2.31. The monoisotopic (exact) mass is 297 g/mol. The van der Waals surface area contributed by atoms with Gasteiger partial charge in [-0.3, -0.25) is 0 Å². The van der Waals surface area contributed by atoms with Gasteiger partial charge in [0.05, 0.1) is 23.4 Å². The predicted molar refractivity (Wildman–Crippen MR) is 92.2 cm³/mol. The van der Waals surface area contributed by atoms with E-state index >= 15 is 0 Å². The molecule has 0 aliphatic heterocycles. The highest BCUT2D eigenvalue weighted by molar-refractivity contribution is 5.87. The zero-order valence-electron chi connectivity index (χ0n) is 12.8. The topological polar surface area (TPSA) is 41.1 Å². The molecule has 0 saturated heterocycles. The van der Waals surface area contributed by atoms with Gasteiger partial charge in [-0.2, -0.15) is 5.26 Å². The Bertz CT molecular complexity index is 1050. The maximum Gasteiger partial charge on any atom is 0.137 e. The SMILES string of the molecule is CC(C#N)c1c(-c2ccc3ccccc3c2)nc2ccccn12. The van der Waals surface area contributed by atoms with Gasteiger partial charge in [-0.1, -0.05) is 42.5 Å². The Labute approximate surface area is 134 Å². The number of pyridine rings is 1. The van der Waals surface area contributed by atoms with Crippen LogP contribution in [0.2, 0.25) is 0 Å². The molecule has 0 N–H and O–H groups in total. The summed E-state index contributed by atoms with van der Waals surface area (Å²) in [5.41, 5.74) is 3.74. The van der Waals surface area contributed by atoms with Gasteiger partial charge in [0, 0.05) is 11.8 Å². The molecule has 0 spiro atoms. The van der Waals surface area contributed by atoms with Gasteiger partial charge in [-0.05, 0) is 35.9 Å².